The van der Waals surface area contributed by atoms with Crippen LogP contribution in [0.2, 0.25) is 0 Å². The smallest absolute Gasteiger partial charge is 0.277 e. The lowest BCUT2D eigenvalue weighted by Crippen LogP contribution is -2.05. The van der Waals surface area contributed by atoms with E-state index in [-0.39, 0.29) is 16.9 Å². The fourth-order valence-corrected chi connectivity index (χ4v) is 3.32. The molecule has 4 aromatic carbocycles. The topological polar surface area (TPSA) is 88.1 Å². The second-order valence-electron chi connectivity index (χ2n) is 6.47. The van der Waals surface area contributed by atoms with Gasteiger partial charge in [0.05, 0.1) is 21.9 Å². The molecule has 1 unspecified atom stereocenters. The Hall–Kier alpha value is -3.90. The van der Waals surface area contributed by atoms with Crippen LogP contribution >= 0.6 is 0 Å². The van der Waals surface area contributed by atoms with Crippen LogP contribution in [0.1, 0.15) is 17.2 Å². The van der Waals surface area contributed by atoms with Crippen molar-refractivity contribution >= 4 is 27.8 Å². The molecule has 0 aliphatic heterocycles. The highest BCUT2D eigenvalue weighted by molar-refractivity contribution is 5.86. The number of hydrogen-bond donors (Lipinski definition) is 1. The van der Waals surface area contributed by atoms with Crippen LogP contribution < -0.4 is 0 Å². The van der Waals surface area contributed by atoms with E-state index in [1.54, 1.807) is 24.3 Å². The van der Waals surface area contributed by atoms with Gasteiger partial charge in [-0.2, -0.15) is 5.11 Å². The van der Waals surface area contributed by atoms with E-state index in [9.17, 15) is 15.2 Å². The van der Waals surface area contributed by atoms with Gasteiger partial charge < -0.3 is 5.11 Å². The van der Waals surface area contributed by atoms with Gasteiger partial charge in [-0.1, -0.05) is 66.7 Å². The lowest BCUT2D eigenvalue weighted by atomic mass is 9.94. The minimum Gasteiger partial charge on any atom is -0.383 e. The van der Waals surface area contributed by atoms with Gasteiger partial charge in [0.1, 0.15) is 6.10 Å². The third-order valence-electron chi connectivity index (χ3n) is 4.68. The van der Waals surface area contributed by atoms with Crippen molar-refractivity contribution in [3.63, 3.8) is 0 Å². The molecule has 0 saturated carbocycles. The molecule has 0 aliphatic rings. The van der Waals surface area contributed by atoms with Gasteiger partial charge in [-0.3, -0.25) is 10.1 Å². The van der Waals surface area contributed by atoms with Gasteiger partial charge in [0.25, 0.3) is 5.69 Å². The molecule has 0 amide bonds. The summed E-state index contributed by atoms with van der Waals surface area (Å²) in [4.78, 5) is 11.2. The molecule has 0 bridgehead atoms. The molecule has 0 heterocycles. The Labute approximate surface area is 166 Å². The molecule has 142 valence electrons. The van der Waals surface area contributed by atoms with Crippen LogP contribution in [0.15, 0.2) is 101 Å². The Kier molecular flexibility index (Phi) is 5.09. The van der Waals surface area contributed by atoms with E-state index >= 15 is 0 Å². The van der Waals surface area contributed by atoms with E-state index in [0.717, 1.165) is 10.8 Å². The zero-order chi connectivity index (χ0) is 20.2. The third kappa shape index (κ3) is 3.74. The first-order chi connectivity index (χ1) is 14.1. The molecule has 1 N–H and O–H groups in total. The quantitative estimate of drug-likeness (QED) is 0.251. The normalized spacial score (nSPS) is 12.3. The molecule has 1 atom stereocenters. The number of nitro benzene ring substituents is 1. The predicted octanol–water partition coefficient (Wildman–Crippen LogP) is 6.25. The monoisotopic (exact) mass is 383 g/mol. The molecule has 6 heteroatoms. The van der Waals surface area contributed by atoms with Crippen LogP contribution in [-0.4, -0.2) is 10.0 Å². The Balaban J connectivity index is 1.87. The van der Waals surface area contributed by atoms with Crippen LogP contribution in [0.4, 0.5) is 17.1 Å². The molecule has 6 nitrogen and oxygen atoms in total. The molecule has 4 aromatic rings. The highest BCUT2D eigenvalue weighted by atomic mass is 16.6. The number of rotatable bonds is 5. The van der Waals surface area contributed by atoms with Crippen molar-refractivity contribution < 1.29 is 10.0 Å². The summed E-state index contributed by atoms with van der Waals surface area (Å²) >= 11 is 0. The van der Waals surface area contributed by atoms with E-state index in [1.807, 2.05) is 54.6 Å². The van der Waals surface area contributed by atoms with Gasteiger partial charge >= 0.3 is 0 Å². The number of benzene rings is 4. The molecule has 0 radical (unpaired) electrons. The van der Waals surface area contributed by atoms with Crippen LogP contribution in [0.5, 0.6) is 0 Å². The van der Waals surface area contributed by atoms with E-state index in [2.05, 4.69) is 10.2 Å². The molecular weight excluding hydrogens is 366 g/mol. The van der Waals surface area contributed by atoms with Gasteiger partial charge in [0.15, 0.2) is 0 Å². The van der Waals surface area contributed by atoms with Gasteiger partial charge in [-0.25, -0.2) is 0 Å². The Bertz CT molecular complexity index is 1200. The summed E-state index contributed by atoms with van der Waals surface area (Å²) in [6.07, 6.45) is -1.23. The number of azo groups is 1. The largest absolute Gasteiger partial charge is 0.383 e. The third-order valence-corrected chi connectivity index (χ3v) is 4.68. The predicted molar refractivity (Wildman–Crippen MR) is 112 cm³/mol. The van der Waals surface area contributed by atoms with Gasteiger partial charge in [0, 0.05) is 6.07 Å². The summed E-state index contributed by atoms with van der Waals surface area (Å²) in [6, 6.07) is 26.7. The molecule has 0 fully saturated rings. The summed E-state index contributed by atoms with van der Waals surface area (Å²) in [5.74, 6) is 0. The van der Waals surface area contributed by atoms with Crippen molar-refractivity contribution in [1.29, 1.82) is 0 Å². The Morgan fingerprint density at radius 3 is 2.28 bits per heavy atom. The second-order valence-corrected chi connectivity index (χ2v) is 6.47. The van der Waals surface area contributed by atoms with Gasteiger partial charge in [0.2, 0.25) is 0 Å². The molecule has 4 rings (SSSR count). The van der Waals surface area contributed by atoms with Crippen molar-refractivity contribution in [3.8, 4) is 0 Å². The highest BCUT2D eigenvalue weighted by Crippen LogP contribution is 2.39. The average Bonchev–Trinajstić information content (AvgIpc) is 2.77. The first kappa shape index (κ1) is 18.5. The fourth-order valence-electron chi connectivity index (χ4n) is 3.32. The Morgan fingerprint density at radius 1 is 0.793 bits per heavy atom. The maximum absolute atomic E-state index is 11.7. The first-order valence-electron chi connectivity index (χ1n) is 9.05. The molecule has 0 aromatic heterocycles. The van der Waals surface area contributed by atoms with E-state index in [0.29, 0.717) is 11.3 Å². The van der Waals surface area contributed by atoms with Gasteiger partial charge in [-0.15, -0.1) is 5.11 Å². The summed E-state index contributed by atoms with van der Waals surface area (Å²) in [7, 11) is 0. The number of aliphatic hydroxyl groups excluding tert-OH is 1. The number of nitrogens with zero attached hydrogens (tertiary/aromatic N) is 3. The summed E-state index contributed by atoms with van der Waals surface area (Å²) < 4.78 is 0. The highest BCUT2D eigenvalue weighted by Gasteiger charge is 2.26. The second kappa shape index (κ2) is 8.00. The molecule has 29 heavy (non-hydrogen) atoms. The fraction of sp³-hybridized carbons (Fsp3) is 0.0435. The Morgan fingerprint density at radius 2 is 1.48 bits per heavy atom. The zero-order valence-electron chi connectivity index (χ0n) is 15.3. The van der Waals surface area contributed by atoms with Crippen LogP contribution in [-0.2, 0) is 0 Å². The first-order valence-corrected chi connectivity index (χ1v) is 9.05. The molecule has 0 spiro atoms. The summed E-state index contributed by atoms with van der Waals surface area (Å²) in [5, 5.41) is 33.0. The maximum Gasteiger partial charge on any atom is 0.277 e. The maximum atomic E-state index is 11.7. The van der Waals surface area contributed by atoms with Crippen molar-refractivity contribution in [1.82, 2.24) is 0 Å². The SMILES string of the molecule is O=[N+]([O-])c1cccc(N=Nc2ccccc2)c1C(O)c1cccc2ccccc12. The van der Waals surface area contributed by atoms with Crippen molar-refractivity contribution in [2.45, 2.75) is 6.10 Å². The van der Waals surface area contributed by atoms with Crippen LogP contribution in [0, 0.1) is 10.1 Å². The summed E-state index contributed by atoms with van der Waals surface area (Å²) in [6.45, 7) is 0. The van der Waals surface area contributed by atoms with Crippen molar-refractivity contribution in [2.75, 3.05) is 0 Å². The van der Waals surface area contributed by atoms with Crippen molar-refractivity contribution in [3.05, 3.63) is 112 Å². The van der Waals surface area contributed by atoms with E-state index in [4.69, 9.17) is 0 Å². The number of nitro groups is 1. The standard InChI is InChI=1S/C23H17N3O3/c27-23(19-13-6-9-16-8-4-5-12-18(16)19)22-20(14-7-15-21(22)26(28)29)25-24-17-10-2-1-3-11-17/h1-15,23,27H. The lowest BCUT2D eigenvalue weighted by Gasteiger charge is -2.16. The van der Waals surface area contributed by atoms with E-state index in [1.165, 1.54) is 12.1 Å². The summed E-state index contributed by atoms with van der Waals surface area (Å²) in [5.41, 5.74) is 1.37. The van der Waals surface area contributed by atoms with Crippen LogP contribution in [0.25, 0.3) is 10.8 Å². The number of hydrogen-bond acceptors (Lipinski definition) is 5. The van der Waals surface area contributed by atoms with Gasteiger partial charge in [-0.05, 0) is 34.5 Å². The lowest BCUT2D eigenvalue weighted by molar-refractivity contribution is -0.386. The van der Waals surface area contributed by atoms with Crippen LogP contribution in [0.3, 0.4) is 0 Å². The zero-order valence-corrected chi connectivity index (χ0v) is 15.3. The van der Waals surface area contributed by atoms with E-state index < -0.39 is 11.0 Å². The average molecular weight is 383 g/mol. The number of aliphatic hydroxyl groups is 1. The minimum absolute atomic E-state index is 0.119. The number of fused-ring (bicyclic) bond motifs is 1. The molecule has 0 saturated heterocycles. The van der Waals surface area contributed by atoms with Crippen molar-refractivity contribution in [2.24, 2.45) is 10.2 Å². The molecule has 0 aliphatic carbocycles. The molecular formula is C23H17N3O3. The minimum atomic E-state index is -1.23.